The van der Waals surface area contributed by atoms with Crippen LogP contribution in [0.4, 0.5) is 0 Å². The van der Waals surface area contributed by atoms with E-state index in [1.165, 1.54) is 6.07 Å². The second-order valence-corrected chi connectivity index (χ2v) is 3.07. The first kappa shape index (κ1) is 9.16. The lowest BCUT2D eigenvalue weighted by Gasteiger charge is -2.05. The molecule has 0 saturated carbocycles. The molecule has 2 aromatic rings. The number of hydrogen-bond donors (Lipinski definition) is 1. The van der Waals surface area contributed by atoms with Crippen LogP contribution in [0.1, 0.15) is 5.56 Å². The summed E-state index contributed by atoms with van der Waals surface area (Å²) in [6.07, 6.45) is 0. The molecule has 0 aliphatic rings. The van der Waals surface area contributed by atoms with Gasteiger partial charge in [-0.2, -0.15) is 5.26 Å². The lowest BCUT2D eigenvalue weighted by molar-refractivity contribution is 0.465. The second-order valence-electron chi connectivity index (χ2n) is 3.07. The first-order valence-electron chi connectivity index (χ1n) is 4.18. The van der Waals surface area contributed by atoms with Gasteiger partial charge in [0.1, 0.15) is 0 Å². The maximum Gasteiger partial charge on any atom is 0.268 e. The molecular weight excluding hydrogens is 194 g/mol. The van der Waals surface area contributed by atoms with Crippen molar-refractivity contribution in [2.24, 2.45) is 0 Å². The SMILES string of the molecule is N#Cc1cccc(-c2c(O)c(=O)c2=O)c1. The van der Waals surface area contributed by atoms with Crippen LogP contribution in [0, 0.1) is 11.3 Å². The van der Waals surface area contributed by atoms with E-state index in [2.05, 4.69) is 0 Å². The molecule has 0 saturated heterocycles. The van der Waals surface area contributed by atoms with Gasteiger partial charge in [0.2, 0.25) is 5.43 Å². The molecule has 0 bridgehead atoms. The molecule has 72 valence electrons. The predicted molar refractivity (Wildman–Crippen MR) is 53.2 cm³/mol. The van der Waals surface area contributed by atoms with Gasteiger partial charge in [-0.1, -0.05) is 12.1 Å². The molecule has 1 N–H and O–H groups in total. The van der Waals surface area contributed by atoms with E-state index in [4.69, 9.17) is 5.26 Å². The molecule has 0 unspecified atom stereocenters. The zero-order valence-electron chi connectivity index (χ0n) is 7.52. The summed E-state index contributed by atoms with van der Waals surface area (Å²) in [4.78, 5) is 21.9. The highest BCUT2D eigenvalue weighted by Gasteiger charge is 2.21. The molecule has 4 nitrogen and oxygen atoms in total. The fraction of sp³-hybridized carbons (Fsp3) is 0. The van der Waals surface area contributed by atoms with Crippen molar-refractivity contribution >= 4 is 0 Å². The minimum absolute atomic E-state index is 0.00269. The van der Waals surface area contributed by atoms with Gasteiger partial charge in [-0.25, -0.2) is 0 Å². The van der Waals surface area contributed by atoms with Crippen molar-refractivity contribution in [1.82, 2.24) is 0 Å². The third kappa shape index (κ3) is 1.22. The van der Waals surface area contributed by atoms with Crippen LogP contribution in [0.5, 0.6) is 5.75 Å². The molecule has 0 aliphatic heterocycles. The van der Waals surface area contributed by atoms with E-state index in [9.17, 15) is 14.7 Å². The molecule has 0 aromatic heterocycles. The quantitative estimate of drug-likeness (QED) is 0.679. The molecule has 0 atom stereocenters. The van der Waals surface area contributed by atoms with Crippen molar-refractivity contribution in [3.63, 3.8) is 0 Å². The largest absolute Gasteiger partial charge is 0.503 e. The Bertz CT molecular complexity index is 642. The van der Waals surface area contributed by atoms with Crippen LogP contribution in [0.2, 0.25) is 0 Å². The van der Waals surface area contributed by atoms with Crippen molar-refractivity contribution in [2.75, 3.05) is 0 Å². The summed E-state index contributed by atoms with van der Waals surface area (Å²) >= 11 is 0. The van der Waals surface area contributed by atoms with Crippen LogP contribution in [-0.4, -0.2) is 5.11 Å². The Morgan fingerprint density at radius 3 is 2.53 bits per heavy atom. The normalized spacial score (nSPS) is 10.1. The Morgan fingerprint density at radius 1 is 1.20 bits per heavy atom. The van der Waals surface area contributed by atoms with Gasteiger partial charge in [0.15, 0.2) is 5.75 Å². The zero-order chi connectivity index (χ0) is 11.0. The van der Waals surface area contributed by atoms with E-state index in [1.54, 1.807) is 18.2 Å². The summed E-state index contributed by atoms with van der Waals surface area (Å²) in [7, 11) is 0. The minimum atomic E-state index is -0.868. The van der Waals surface area contributed by atoms with Gasteiger partial charge < -0.3 is 5.11 Å². The molecule has 2 aromatic carbocycles. The smallest absolute Gasteiger partial charge is 0.268 e. The summed E-state index contributed by atoms with van der Waals surface area (Å²) in [5.41, 5.74) is -0.803. The summed E-state index contributed by atoms with van der Waals surface area (Å²) in [6, 6.07) is 8.09. The van der Waals surface area contributed by atoms with E-state index in [1.807, 2.05) is 6.07 Å². The van der Waals surface area contributed by atoms with Gasteiger partial charge in [-0.15, -0.1) is 0 Å². The summed E-state index contributed by atoms with van der Waals surface area (Å²) in [6.45, 7) is 0. The number of benzene rings is 1. The molecule has 0 spiro atoms. The first-order chi connectivity index (χ1) is 7.15. The average molecular weight is 199 g/mol. The molecule has 0 amide bonds. The van der Waals surface area contributed by atoms with E-state index < -0.39 is 16.6 Å². The average Bonchev–Trinajstić information content (AvgIpc) is 2.29. The van der Waals surface area contributed by atoms with Gasteiger partial charge in [0, 0.05) is 0 Å². The molecule has 4 heteroatoms. The van der Waals surface area contributed by atoms with Crippen LogP contribution in [0.15, 0.2) is 33.9 Å². The number of aromatic hydroxyl groups is 1. The van der Waals surface area contributed by atoms with Gasteiger partial charge in [0.05, 0.1) is 17.2 Å². The van der Waals surface area contributed by atoms with Crippen LogP contribution in [-0.2, 0) is 0 Å². The van der Waals surface area contributed by atoms with Crippen molar-refractivity contribution in [1.29, 1.82) is 5.26 Å². The molecule has 15 heavy (non-hydrogen) atoms. The fourth-order valence-corrected chi connectivity index (χ4v) is 1.39. The topological polar surface area (TPSA) is 78.2 Å². The molecule has 2 rings (SSSR count). The fourth-order valence-electron chi connectivity index (χ4n) is 1.39. The Morgan fingerprint density at radius 2 is 1.93 bits per heavy atom. The third-order valence-corrected chi connectivity index (χ3v) is 2.17. The molecule has 0 radical (unpaired) electrons. The van der Waals surface area contributed by atoms with E-state index in [0.717, 1.165) is 0 Å². The standard InChI is InChI=1S/C11H5NO3/c12-5-6-2-1-3-7(4-6)8-9(13)11(15)10(8)14/h1-4,13H. The van der Waals surface area contributed by atoms with Crippen LogP contribution in [0.25, 0.3) is 11.1 Å². The Labute approximate surface area is 84.3 Å². The third-order valence-electron chi connectivity index (χ3n) is 2.17. The van der Waals surface area contributed by atoms with Gasteiger partial charge in [-0.3, -0.25) is 9.59 Å². The summed E-state index contributed by atoms with van der Waals surface area (Å²) < 4.78 is 0. The Kier molecular flexibility index (Phi) is 1.87. The van der Waals surface area contributed by atoms with Gasteiger partial charge >= 0.3 is 0 Å². The number of hydrogen-bond acceptors (Lipinski definition) is 4. The van der Waals surface area contributed by atoms with Crippen LogP contribution in [0.3, 0.4) is 0 Å². The maximum atomic E-state index is 11.1. The highest BCUT2D eigenvalue weighted by atomic mass is 16.3. The minimum Gasteiger partial charge on any atom is -0.503 e. The molecule has 0 aliphatic carbocycles. The molecular formula is C11H5NO3. The molecule has 0 heterocycles. The highest BCUT2D eigenvalue weighted by Crippen LogP contribution is 2.24. The number of rotatable bonds is 1. The lowest BCUT2D eigenvalue weighted by atomic mass is 9.99. The van der Waals surface area contributed by atoms with Crippen LogP contribution >= 0.6 is 0 Å². The first-order valence-corrected chi connectivity index (χ1v) is 4.18. The van der Waals surface area contributed by atoms with Crippen molar-refractivity contribution in [3.8, 4) is 22.9 Å². The Balaban J connectivity index is 2.63. The van der Waals surface area contributed by atoms with E-state index in [0.29, 0.717) is 11.1 Å². The van der Waals surface area contributed by atoms with E-state index >= 15 is 0 Å². The zero-order valence-corrected chi connectivity index (χ0v) is 7.52. The Hall–Kier alpha value is -2.41. The monoisotopic (exact) mass is 199 g/mol. The van der Waals surface area contributed by atoms with Gasteiger partial charge in [0.25, 0.3) is 5.43 Å². The highest BCUT2D eigenvalue weighted by molar-refractivity contribution is 5.74. The number of nitrogens with zero attached hydrogens (tertiary/aromatic N) is 1. The lowest BCUT2D eigenvalue weighted by Crippen LogP contribution is -2.31. The molecule has 0 fully saturated rings. The predicted octanol–water partition coefficient (Wildman–Crippen LogP) is 0.527. The maximum absolute atomic E-state index is 11.1. The van der Waals surface area contributed by atoms with E-state index in [-0.39, 0.29) is 5.56 Å². The van der Waals surface area contributed by atoms with Crippen molar-refractivity contribution in [2.45, 2.75) is 0 Å². The van der Waals surface area contributed by atoms with Crippen LogP contribution < -0.4 is 10.9 Å². The number of nitriles is 1. The van der Waals surface area contributed by atoms with Gasteiger partial charge in [-0.05, 0) is 17.7 Å². The van der Waals surface area contributed by atoms with Crippen molar-refractivity contribution < 1.29 is 5.11 Å². The second kappa shape index (κ2) is 3.07. The van der Waals surface area contributed by atoms with Crippen molar-refractivity contribution in [3.05, 3.63) is 50.3 Å². The summed E-state index contributed by atoms with van der Waals surface area (Å²) in [5, 5.41) is 17.8. The summed E-state index contributed by atoms with van der Waals surface area (Å²) in [5.74, 6) is -0.518.